The first kappa shape index (κ1) is 12.7. The van der Waals surface area contributed by atoms with Crippen LogP contribution in [-0.2, 0) is 9.84 Å². The Kier molecular flexibility index (Phi) is 2.62. The molecule has 0 saturated carbocycles. The van der Waals surface area contributed by atoms with E-state index in [0.717, 1.165) is 6.26 Å². The molecule has 0 aromatic heterocycles. The summed E-state index contributed by atoms with van der Waals surface area (Å²) in [5.41, 5.74) is 1.03. The highest BCUT2D eigenvalue weighted by atomic mass is 32.2. The number of rotatable bonds is 1. The molecule has 0 spiro atoms. The third kappa shape index (κ3) is 1.87. The second-order valence-corrected chi connectivity index (χ2v) is 6.75. The lowest BCUT2D eigenvalue weighted by molar-refractivity contribution is 0.106. The first-order valence-corrected chi connectivity index (χ1v) is 7.85. The Balaban J connectivity index is 2.41. The number of allylic oxidation sites excluding steroid dienone is 1. The van der Waals surface area contributed by atoms with E-state index in [9.17, 15) is 13.2 Å². The molecule has 1 N–H and O–H groups in total. The quantitative estimate of drug-likeness (QED) is 0.874. The van der Waals surface area contributed by atoms with Gasteiger partial charge in [-0.3, -0.25) is 10.2 Å². The molecule has 0 amide bonds. The number of ketones is 1. The summed E-state index contributed by atoms with van der Waals surface area (Å²) in [7, 11) is -3.33. The van der Waals surface area contributed by atoms with Gasteiger partial charge in [-0.05, 0) is 35.2 Å². The minimum Gasteiger partial charge on any atom is -0.297 e. The van der Waals surface area contributed by atoms with E-state index in [-0.39, 0.29) is 16.4 Å². The Bertz CT molecular complexity index is 908. The van der Waals surface area contributed by atoms with Crippen LogP contribution in [0.1, 0.15) is 15.9 Å². The summed E-state index contributed by atoms with van der Waals surface area (Å²) in [4.78, 5) is 12.2. The van der Waals surface area contributed by atoms with Crippen LogP contribution in [0.25, 0.3) is 16.8 Å². The molecule has 0 atom stereocenters. The summed E-state index contributed by atoms with van der Waals surface area (Å²) >= 11 is 0. The Labute approximate surface area is 116 Å². The van der Waals surface area contributed by atoms with E-state index in [1.54, 1.807) is 36.4 Å². The van der Waals surface area contributed by atoms with Crippen molar-refractivity contribution in [2.45, 2.75) is 4.90 Å². The Morgan fingerprint density at radius 2 is 1.85 bits per heavy atom. The Morgan fingerprint density at radius 1 is 1.10 bits per heavy atom. The van der Waals surface area contributed by atoms with Crippen LogP contribution in [0.15, 0.2) is 41.3 Å². The summed E-state index contributed by atoms with van der Waals surface area (Å²) in [5, 5.41) is 8.82. The van der Waals surface area contributed by atoms with Gasteiger partial charge >= 0.3 is 0 Å². The highest BCUT2D eigenvalue weighted by molar-refractivity contribution is 7.91. The lowest BCUT2D eigenvalue weighted by Crippen LogP contribution is -2.15. The van der Waals surface area contributed by atoms with Crippen molar-refractivity contribution in [2.75, 3.05) is 6.26 Å². The fraction of sp³-hybridized carbons (Fsp3) is 0.0667. The average molecular weight is 285 g/mol. The Hall–Kier alpha value is -2.27. The van der Waals surface area contributed by atoms with E-state index in [4.69, 9.17) is 5.41 Å². The van der Waals surface area contributed by atoms with Crippen molar-refractivity contribution in [3.05, 3.63) is 47.5 Å². The van der Waals surface area contributed by atoms with Crippen LogP contribution in [0.2, 0.25) is 0 Å². The molecule has 0 aliphatic heterocycles. The minimum absolute atomic E-state index is 0.0592. The van der Waals surface area contributed by atoms with Gasteiger partial charge in [0.25, 0.3) is 0 Å². The van der Waals surface area contributed by atoms with Crippen LogP contribution in [0.5, 0.6) is 0 Å². The molecular weight excluding hydrogens is 274 g/mol. The summed E-state index contributed by atoms with van der Waals surface area (Å²) in [5.74, 6) is -0.339. The van der Waals surface area contributed by atoms with Crippen LogP contribution < -0.4 is 0 Å². The zero-order valence-corrected chi connectivity index (χ0v) is 11.5. The SMILES string of the molecule is CS(=O)(=O)c1cccc2cc3c(cc12)C=CC(=N)C3=O. The van der Waals surface area contributed by atoms with E-state index in [2.05, 4.69) is 0 Å². The molecule has 0 fully saturated rings. The molecule has 4 nitrogen and oxygen atoms in total. The molecule has 5 heteroatoms. The van der Waals surface area contributed by atoms with E-state index < -0.39 is 9.84 Å². The third-order valence-corrected chi connectivity index (χ3v) is 4.48. The van der Waals surface area contributed by atoms with Crippen molar-refractivity contribution < 1.29 is 13.2 Å². The van der Waals surface area contributed by atoms with Gasteiger partial charge in [-0.2, -0.15) is 0 Å². The van der Waals surface area contributed by atoms with Crippen molar-refractivity contribution in [3.63, 3.8) is 0 Å². The molecule has 3 rings (SSSR count). The van der Waals surface area contributed by atoms with Gasteiger partial charge in [0.2, 0.25) is 5.78 Å². The summed E-state index contributed by atoms with van der Waals surface area (Å²) in [6.45, 7) is 0. The lowest BCUT2D eigenvalue weighted by atomic mass is 9.92. The normalized spacial score (nSPS) is 14.7. The highest BCUT2D eigenvalue weighted by Gasteiger charge is 2.20. The largest absolute Gasteiger partial charge is 0.297 e. The zero-order valence-electron chi connectivity index (χ0n) is 10.7. The minimum atomic E-state index is -3.33. The van der Waals surface area contributed by atoms with Crippen molar-refractivity contribution in [1.82, 2.24) is 0 Å². The fourth-order valence-corrected chi connectivity index (χ4v) is 3.27. The lowest BCUT2D eigenvalue weighted by Gasteiger charge is -2.13. The summed E-state index contributed by atoms with van der Waals surface area (Å²) in [6.07, 6.45) is 4.26. The van der Waals surface area contributed by atoms with Gasteiger partial charge in [-0.15, -0.1) is 0 Å². The maximum atomic E-state index is 11.9. The Morgan fingerprint density at radius 3 is 2.55 bits per heavy atom. The number of benzene rings is 2. The van der Waals surface area contributed by atoms with Crippen LogP contribution >= 0.6 is 0 Å². The van der Waals surface area contributed by atoms with E-state index >= 15 is 0 Å². The summed E-state index contributed by atoms with van der Waals surface area (Å²) < 4.78 is 23.6. The van der Waals surface area contributed by atoms with Crippen molar-refractivity contribution in [2.24, 2.45) is 0 Å². The van der Waals surface area contributed by atoms with Crippen molar-refractivity contribution in [3.8, 4) is 0 Å². The molecule has 100 valence electrons. The maximum Gasteiger partial charge on any atom is 0.211 e. The number of hydrogen-bond acceptors (Lipinski definition) is 4. The first-order valence-electron chi connectivity index (χ1n) is 5.96. The summed E-state index contributed by atoms with van der Waals surface area (Å²) in [6, 6.07) is 8.32. The van der Waals surface area contributed by atoms with Gasteiger partial charge in [0, 0.05) is 17.2 Å². The molecule has 2 aromatic rings. The molecule has 1 aliphatic carbocycles. The first-order chi connectivity index (χ1) is 9.38. The van der Waals surface area contributed by atoms with E-state index in [0.29, 0.717) is 21.9 Å². The predicted molar refractivity (Wildman–Crippen MR) is 78.1 cm³/mol. The van der Waals surface area contributed by atoms with Gasteiger partial charge in [-0.25, -0.2) is 8.42 Å². The second-order valence-electron chi connectivity index (χ2n) is 4.77. The van der Waals surface area contributed by atoms with Gasteiger partial charge < -0.3 is 0 Å². The van der Waals surface area contributed by atoms with Crippen LogP contribution in [0, 0.1) is 5.41 Å². The molecule has 0 radical (unpaired) electrons. The number of fused-ring (bicyclic) bond motifs is 2. The molecule has 0 saturated heterocycles. The van der Waals surface area contributed by atoms with Crippen molar-refractivity contribution >= 4 is 38.2 Å². The second kappa shape index (κ2) is 4.11. The predicted octanol–water partition coefficient (Wildman–Crippen LogP) is 2.47. The fourth-order valence-electron chi connectivity index (χ4n) is 2.37. The van der Waals surface area contributed by atoms with Crippen molar-refractivity contribution in [1.29, 1.82) is 5.41 Å². The zero-order chi connectivity index (χ0) is 14.5. The maximum absolute atomic E-state index is 11.9. The molecule has 20 heavy (non-hydrogen) atoms. The molecule has 0 unspecified atom stereocenters. The molecule has 2 aromatic carbocycles. The number of carbonyl (C=O) groups excluding carboxylic acids is 1. The van der Waals surface area contributed by atoms with Gasteiger partial charge in [0.1, 0.15) is 5.71 Å². The number of sulfone groups is 1. The van der Waals surface area contributed by atoms with Crippen LogP contribution in [0.3, 0.4) is 0 Å². The monoisotopic (exact) mass is 285 g/mol. The number of carbonyl (C=O) groups is 1. The van der Waals surface area contributed by atoms with Crippen LogP contribution in [0.4, 0.5) is 0 Å². The average Bonchev–Trinajstić information content (AvgIpc) is 2.40. The van der Waals surface area contributed by atoms with Gasteiger partial charge in [0.15, 0.2) is 9.84 Å². The van der Waals surface area contributed by atoms with Gasteiger partial charge in [0.05, 0.1) is 4.90 Å². The number of hydrogen-bond donors (Lipinski definition) is 1. The smallest absolute Gasteiger partial charge is 0.211 e. The topological polar surface area (TPSA) is 75.1 Å². The molecule has 0 bridgehead atoms. The number of Topliss-reactive ketones (excluding diaryl/α,β-unsaturated/α-hetero) is 1. The molecular formula is C15H11NO3S. The molecule has 1 aliphatic rings. The van der Waals surface area contributed by atoms with Gasteiger partial charge in [-0.1, -0.05) is 18.2 Å². The third-order valence-electron chi connectivity index (χ3n) is 3.33. The standard InChI is InChI=1S/C15H11NO3S/c1-20(18,19)14-4-2-3-9-8-12-10(7-11(9)14)5-6-13(16)15(12)17/h2-8,16H,1H3. The van der Waals surface area contributed by atoms with Crippen LogP contribution in [-0.4, -0.2) is 26.2 Å². The highest BCUT2D eigenvalue weighted by Crippen LogP contribution is 2.29. The molecule has 0 heterocycles. The van der Waals surface area contributed by atoms with E-state index in [1.807, 2.05) is 0 Å². The van der Waals surface area contributed by atoms with E-state index in [1.165, 1.54) is 6.08 Å². The number of nitrogens with one attached hydrogen (secondary N) is 1.